The number of urea groups is 1. The number of ketones is 1. The third-order valence-electron chi connectivity index (χ3n) is 8.07. The summed E-state index contributed by atoms with van der Waals surface area (Å²) in [5.41, 5.74) is -0.215. The zero-order valence-electron chi connectivity index (χ0n) is 28.3. The number of carbonyl (C=O) groups excluding carboxylic acids is 5. The second-order valence-corrected chi connectivity index (χ2v) is 15.5. The minimum absolute atomic E-state index is 0.289. The number of ether oxygens (including phenoxy) is 1. The Kier molecular flexibility index (Phi) is 13.5. The van der Waals surface area contributed by atoms with Crippen molar-refractivity contribution in [1.82, 2.24) is 31.5 Å². The zero-order chi connectivity index (χ0) is 35.1. The predicted molar refractivity (Wildman–Crippen MR) is 181 cm³/mol. The van der Waals surface area contributed by atoms with Gasteiger partial charge in [-0.25, -0.2) is 4.79 Å². The SMILES string of the molecule is CCCC(NC1OC1C1C(C(Cl)Cl)CCN1C(=O)[C@@H](NC(=O)NC(C)(C)C)C(C)(C)C)C(=O)C(=O)NCC(=O)NCc1ccccc1. The largest absolute Gasteiger partial charge is 0.351 e. The number of likely N-dealkylation sites (tertiary alicyclic amines) is 1. The maximum Gasteiger partial charge on any atom is 0.315 e. The summed E-state index contributed by atoms with van der Waals surface area (Å²) in [6.45, 7) is 13.4. The maximum atomic E-state index is 14.1. The number of rotatable bonds is 14. The Labute approximate surface area is 287 Å². The fourth-order valence-corrected chi connectivity index (χ4v) is 6.22. The molecule has 2 saturated heterocycles. The van der Waals surface area contributed by atoms with E-state index in [1.165, 1.54) is 0 Å². The fourth-order valence-electron chi connectivity index (χ4n) is 5.67. The van der Waals surface area contributed by atoms with E-state index in [0.717, 1.165) is 5.56 Å². The van der Waals surface area contributed by atoms with Gasteiger partial charge in [0.15, 0.2) is 0 Å². The second-order valence-electron chi connectivity index (χ2n) is 14.3. The Morgan fingerprint density at radius 3 is 2.23 bits per heavy atom. The number of hydrogen-bond acceptors (Lipinski definition) is 7. The van der Waals surface area contributed by atoms with Gasteiger partial charge in [-0.3, -0.25) is 24.5 Å². The van der Waals surface area contributed by atoms with Crippen molar-refractivity contribution in [1.29, 1.82) is 0 Å². The molecule has 2 heterocycles. The van der Waals surface area contributed by atoms with E-state index in [1.54, 1.807) is 4.90 Å². The lowest BCUT2D eigenvalue weighted by Gasteiger charge is -2.37. The van der Waals surface area contributed by atoms with Gasteiger partial charge in [-0.1, -0.05) is 64.4 Å². The van der Waals surface area contributed by atoms with E-state index in [-0.39, 0.29) is 18.4 Å². The molecule has 14 heteroatoms. The van der Waals surface area contributed by atoms with E-state index in [9.17, 15) is 24.0 Å². The highest BCUT2D eigenvalue weighted by Gasteiger charge is 2.57. The van der Waals surface area contributed by atoms with E-state index in [4.69, 9.17) is 27.9 Å². The van der Waals surface area contributed by atoms with Crippen LogP contribution in [0.25, 0.3) is 0 Å². The minimum atomic E-state index is -0.882. The molecule has 1 aromatic carbocycles. The number of nitrogens with zero attached hydrogens (tertiary/aromatic N) is 1. The van der Waals surface area contributed by atoms with Gasteiger partial charge in [0, 0.05) is 24.5 Å². The van der Waals surface area contributed by atoms with Gasteiger partial charge in [0.2, 0.25) is 17.6 Å². The third-order valence-corrected chi connectivity index (χ3v) is 8.72. The predicted octanol–water partition coefficient (Wildman–Crippen LogP) is 3.00. The molecule has 2 fully saturated rings. The van der Waals surface area contributed by atoms with Crippen LogP contribution in [0.2, 0.25) is 0 Å². The normalized spacial score (nSPS) is 22.3. The van der Waals surface area contributed by atoms with Gasteiger partial charge >= 0.3 is 6.03 Å². The average Bonchev–Trinajstić information content (AvgIpc) is 3.59. The number of carbonyl (C=O) groups is 5. The molecule has 2 aliphatic heterocycles. The van der Waals surface area contributed by atoms with Gasteiger partial charge in [0.1, 0.15) is 23.2 Å². The molecule has 0 bridgehead atoms. The highest BCUT2D eigenvalue weighted by molar-refractivity contribution is 6.44. The van der Waals surface area contributed by atoms with Crippen LogP contribution < -0.4 is 26.6 Å². The lowest BCUT2D eigenvalue weighted by Crippen LogP contribution is -2.60. The van der Waals surface area contributed by atoms with Crippen LogP contribution in [0.3, 0.4) is 0 Å². The molecule has 0 radical (unpaired) electrons. The number of epoxide rings is 1. The lowest BCUT2D eigenvalue weighted by molar-refractivity contribution is -0.139. The highest BCUT2D eigenvalue weighted by atomic mass is 35.5. The van der Waals surface area contributed by atoms with Crippen LogP contribution in [0.1, 0.15) is 73.3 Å². The van der Waals surface area contributed by atoms with Gasteiger partial charge < -0.3 is 30.9 Å². The third kappa shape index (κ3) is 11.3. The molecule has 0 aromatic heterocycles. The van der Waals surface area contributed by atoms with Crippen molar-refractivity contribution in [2.75, 3.05) is 13.1 Å². The Balaban J connectivity index is 1.65. The number of Topliss-reactive ketones (excluding diaryl/α,β-unsaturated/α-hetero) is 1. The number of amides is 5. The number of benzene rings is 1. The molecule has 1 aromatic rings. The van der Waals surface area contributed by atoms with E-state index in [1.807, 2.05) is 78.8 Å². The molecule has 6 atom stereocenters. The standard InChI is InChI=1S/C33H50Cl2N6O6/c1-8-12-21(24(43)28(44)37-18-22(42)36-17-19-13-10-9-11-14-19)38-29-25(47-29)23-20(27(34)35)15-16-41(23)30(45)26(32(2,3)4)39-31(46)40-33(5,6)7/h9-11,13-14,20-21,23,25-27,29,38H,8,12,15-18H2,1-7H3,(H,36,42)(H,37,44)(H2,39,40,46)/t20?,21?,23?,25?,26-,29?/m1/s1. The van der Waals surface area contributed by atoms with Crippen molar-refractivity contribution in [3.8, 4) is 0 Å². The highest BCUT2D eigenvalue weighted by Crippen LogP contribution is 2.42. The first-order valence-corrected chi connectivity index (χ1v) is 17.0. The Morgan fingerprint density at radius 2 is 1.66 bits per heavy atom. The van der Waals surface area contributed by atoms with Gasteiger partial charge in [0.25, 0.3) is 5.91 Å². The molecule has 0 spiro atoms. The fraction of sp³-hybridized carbons (Fsp3) is 0.667. The van der Waals surface area contributed by atoms with Crippen molar-refractivity contribution in [2.24, 2.45) is 11.3 Å². The molecule has 262 valence electrons. The lowest BCUT2D eigenvalue weighted by atomic mass is 9.85. The second kappa shape index (κ2) is 16.5. The Bertz CT molecular complexity index is 1270. The summed E-state index contributed by atoms with van der Waals surface area (Å²) in [5.74, 6) is -2.63. The van der Waals surface area contributed by atoms with E-state index in [2.05, 4.69) is 26.6 Å². The molecule has 12 nitrogen and oxygen atoms in total. The van der Waals surface area contributed by atoms with Gasteiger partial charge in [-0.2, -0.15) is 0 Å². The number of hydrogen-bond donors (Lipinski definition) is 5. The van der Waals surface area contributed by atoms with Gasteiger partial charge in [-0.05, 0) is 44.6 Å². The smallest absolute Gasteiger partial charge is 0.315 e. The first kappa shape index (κ1) is 38.5. The Morgan fingerprint density at radius 1 is 1.00 bits per heavy atom. The van der Waals surface area contributed by atoms with Gasteiger partial charge in [-0.15, -0.1) is 23.2 Å². The summed E-state index contributed by atoms with van der Waals surface area (Å²) in [6.07, 6.45) is 0.286. The first-order chi connectivity index (χ1) is 21.9. The van der Waals surface area contributed by atoms with Crippen molar-refractivity contribution < 1.29 is 28.7 Å². The molecule has 47 heavy (non-hydrogen) atoms. The van der Waals surface area contributed by atoms with Crippen molar-refractivity contribution in [3.63, 3.8) is 0 Å². The number of alkyl halides is 2. The monoisotopic (exact) mass is 696 g/mol. The van der Waals surface area contributed by atoms with Crippen LogP contribution >= 0.6 is 23.2 Å². The molecule has 5 N–H and O–H groups in total. The zero-order valence-corrected chi connectivity index (χ0v) is 29.8. The number of nitrogens with one attached hydrogen (secondary N) is 5. The van der Waals surface area contributed by atoms with Crippen LogP contribution in [-0.4, -0.2) is 88.4 Å². The summed E-state index contributed by atoms with van der Waals surface area (Å²) in [5, 5.41) is 14.0. The summed E-state index contributed by atoms with van der Waals surface area (Å²) >= 11 is 12.8. The van der Waals surface area contributed by atoms with Crippen molar-refractivity contribution >= 4 is 52.7 Å². The molecular formula is C33H50Cl2N6O6. The van der Waals surface area contributed by atoms with E-state index in [0.29, 0.717) is 32.4 Å². The van der Waals surface area contributed by atoms with Crippen LogP contribution in [0.5, 0.6) is 0 Å². The molecular weight excluding hydrogens is 647 g/mol. The maximum absolute atomic E-state index is 14.1. The van der Waals surface area contributed by atoms with Crippen LogP contribution in [0.15, 0.2) is 30.3 Å². The quantitative estimate of drug-likeness (QED) is 0.114. The number of halogens is 2. The van der Waals surface area contributed by atoms with E-state index >= 15 is 0 Å². The molecule has 2 aliphatic rings. The van der Waals surface area contributed by atoms with Crippen LogP contribution in [0.4, 0.5) is 4.79 Å². The van der Waals surface area contributed by atoms with Gasteiger partial charge in [0.05, 0.1) is 18.6 Å². The van der Waals surface area contributed by atoms with Crippen LogP contribution in [-0.2, 0) is 30.5 Å². The van der Waals surface area contributed by atoms with E-state index < -0.39 is 69.9 Å². The molecule has 5 amide bonds. The molecule has 5 unspecified atom stereocenters. The summed E-state index contributed by atoms with van der Waals surface area (Å²) in [6, 6.07) is 6.60. The summed E-state index contributed by atoms with van der Waals surface area (Å²) < 4.78 is 5.98. The Hall–Kier alpha value is -2.93. The molecule has 3 rings (SSSR count). The van der Waals surface area contributed by atoms with Crippen LogP contribution in [0, 0.1) is 11.3 Å². The van der Waals surface area contributed by atoms with Crippen molar-refractivity contribution in [2.45, 2.75) is 115 Å². The summed E-state index contributed by atoms with van der Waals surface area (Å²) in [4.78, 5) is 65.9. The van der Waals surface area contributed by atoms with Crippen molar-refractivity contribution in [3.05, 3.63) is 35.9 Å². The molecule has 0 aliphatic carbocycles. The first-order valence-electron chi connectivity index (χ1n) is 16.1. The topological polar surface area (TPSA) is 161 Å². The minimum Gasteiger partial charge on any atom is -0.351 e. The average molecular weight is 698 g/mol. The summed E-state index contributed by atoms with van der Waals surface area (Å²) in [7, 11) is 0. The molecule has 0 saturated carbocycles.